The topological polar surface area (TPSA) is 99.1 Å². The molecule has 1 aliphatic heterocycles. The normalized spacial score (nSPS) is 20.2. The van der Waals surface area contributed by atoms with Crippen LogP contribution >= 0.6 is 0 Å². The van der Waals surface area contributed by atoms with Gasteiger partial charge in [0.1, 0.15) is 5.76 Å². The molecule has 2 aliphatic carbocycles. The second kappa shape index (κ2) is 13.1. The van der Waals surface area contributed by atoms with E-state index < -0.39 is 23.2 Å². The Morgan fingerprint density at radius 2 is 1.49 bits per heavy atom. The molecular weight excluding hydrogens is 520 g/mol. The molecular formula is C34H44O7. The minimum absolute atomic E-state index is 0.0161. The van der Waals surface area contributed by atoms with Crippen LogP contribution in [0.3, 0.4) is 0 Å². The summed E-state index contributed by atoms with van der Waals surface area (Å²) in [5.74, 6) is -1.35. The maximum atomic E-state index is 13.8. The average Bonchev–Trinajstić information content (AvgIpc) is 2.94. The fourth-order valence-electron chi connectivity index (χ4n) is 6.27. The van der Waals surface area contributed by atoms with Crippen molar-refractivity contribution < 1.29 is 33.7 Å². The van der Waals surface area contributed by atoms with Gasteiger partial charge in [-0.1, -0.05) is 78.2 Å². The van der Waals surface area contributed by atoms with Crippen LogP contribution in [-0.2, 0) is 19.1 Å². The van der Waals surface area contributed by atoms with E-state index in [1.807, 2.05) is 13.8 Å². The minimum Gasteiger partial charge on any atom is -0.504 e. The van der Waals surface area contributed by atoms with Crippen LogP contribution in [0.4, 0.5) is 0 Å². The smallest absolute Gasteiger partial charge is 0.228 e. The fraction of sp³-hybridized carbons (Fsp3) is 0.559. The van der Waals surface area contributed by atoms with E-state index in [1.165, 1.54) is 46.3 Å². The Kier molecular flexibility index (Phi) is 9.77. The molecule has 222 valence electrons. The molecule has 7 heteroatoms. The van der Waals surface area contributed by atoms with Crippen molar-refractivity contribution in [2.24, 2.45) is 5.41 Å². The predicted molar refractivity (Wildman–Crippen MR) is 157 cm³/mol. The summed E-state index contributed by atoms with van der Waals surface area (Å²) in [7, 11) is 3.04. The Bertz CT molecular complexity index is 1290. The number of carbonyl (C=O) groups is 3. The summed E-state index contributed by atoms with van der Waals surface area (Å²) < 4.78 is 17.1. The highest BCUT2D eigenvalue weighted by molar-refractivity contribution is 6.25. The van der Waals surface area contributed by atoms with Crippen LogP contribution in [0.2, 0.25) is 0 Å². The first kappa shape index (κ1) is 30.6. The lowest BCUT2D eigenvalue weighted by Crippen LogP contribution is -2.37. The number of methoxy groups -OCH3 is 2. The molecule has 0 spiro atoms. The van der Waals surface area contributed by atoms with Crippen molar-refractivity contribution >= 4 is 17.3 Å². The molecule has 1 aromatic carbocycles. The van der Waals surface area contributed by atoms with Gasteiger partial charge in [-0.2, -0.15) is 0 Å². The van der Waals surface area contributed by atoms with Crippen LogP contribution in [-0.4, -0.2) is 36.7 Å². The lowest BCUT2D eigenvalue weighted by atomic mass is 9.68. The van der Waals surface area contributed by atoms with Crippen molar-refractivity contribution in [1.82, 2.24) is 0 Å². The SMILES string of the molecule is CCCCCCCCCCCC1=C(O)C(=O)C2=C(OC3=C(C(=O)CC(C)(C)C3)C2c2ccc(OC)c(OC)c2)C1=O. The molecule has 41 heavy (non-hydrogen) atoms. The molecule has 7 nitrogen and oxygen atoms in total. The van der Waals surface area contributed by atoms with Gasteiger partial charge in [0.05, 0.1) is 19.8 Å². The first-order valence-corrected chi connectivity index (χ1v) is 15.0. The van der Waals surface area contributed by atoms with Crippen molar-refractivity contribution in [2.45, 2.75) is 104 Å². The first-order chi connectivity index (χ1) is 19.6. The number of carbonyl (C=O) groups excluding carboxylic acids is 3. The van der Waals surface area contributed by atoms with Crippen LogP contribution in [0, 0.1) is 5.41 Å². The van der Waals surface area contributed by atoms with Crippen LogP contribution in [0.15, 0.2) is 52.2 Å². The molecule has 4 rings (SSSR count). The number of unbranched alkanes of at least 4 members (excludes halogenated alkanes) is 8. The van der Waals surface area contributed by atoms with Gasteiger partial charge >= 0.3 is 0 Å². The lowest BCUT2D eigenvalue weighted by molar-refractivity contribution is -0.122. The van der Waals surface area contributed by atoms with E-state index in [0.29, 0.717) is 47.7 Å². The van der Waals surface area contributed by atoms with E-state index in [1.54, 1.807) is 18.2 Å². The third-order valence-corrected chi connectivity index (χ3v) is 8.42. The fourth-order valence-corrected chi connectivity index (χ4v) is 6.27. The van der Waals surface area contributed by atoms with E-state index in [2.05, 4.69) is 6.92 Å². The van der Waals surface area contributed by atoms with Crippen molar-refractivity contribution in [3.63, 3.8) is 0 Å². The molecule has 0 fully saturated rings. The number of Topliss-reactive ketones (excluding diaryl/α,β-unsaturated/α-hetero) is 3. The molecule has 0 amide bonds. The molecule has 0 saturated carbocycles. The van der Waals surface area contributed by atoms with Crippen molar-refractivity contribution in [3.8, 4) is 11.5 Å². The molecule has 0 saturated heterocycles. The maximum absolute atomic E-state index is 13.8. The summed E-state index contributed by atoms with van der Waals surface area (Å²) >= 11 is 0. The van der Waals surface area contributed by atoms with Crippen molar-refractivity contribution in [3.05, 3.63) is 57.8 Å². The summed E-state index contributed by atoms with van der Waals surface area (Å²) in [6.45, 7) is 6.19. The Morgan fingerprint density at radius 3 is 2.12 bits per heavy atom. The molecule has 1 atom stereocenters. The van der Waals surface area contributed by atoms with Gasteiger partial charge in [-0.05, 0) is 36.0 Å². The number of aliphatic hydroxyl groups is 1. The van der Waals surface area contributed by atoms with E-state index in [9.17, 15) is 19.5 Å². The second-order valence-electron chi connectivity index (χ2n) is 12.2. The number of ether oxygens (including phenoxy) is 3. The van der Waals surface area contributed by atoms with Crippen molar-refractivity contribution in [1.29, 1.82) is 0 Å². The number of ketones is 3. The monoisotopic (exact) mass is 564 g/mol. The van der Waals surface area contributed by atoms with E-state index in [0.717, 1.165) is 19.3 Å². The van der Waals surface area contributed by atoms with Gasteiger partial charge in [-0.15, -0.1) is 0 Å². The number of hydrogen-bond donors (Lipinski definition) is 1. The maximum Gasteiger partial charge on any atom is 0.228 e. The number of benzene rings is 1. The zero-order valence-electron chi connectivity index (χ0n) is 25.2. The molecule has 3 aliphatic rings. The first-order valence-electron chi connectivity index (χ1n) is 15.0. The minimum atomic E-state index is -0.856. The largest absolute Gasteiger partial charge is 0.504 e. The van der Waals surface area contributed by atoms with Crippen LogP contribution < -0.4 is 9.47 Å². The number of aliphatic hydroxyl groups excluding tert-OH is 1. The summed E-state index contributed by atoms with van der Waals surface area (Å²) in [6.07, 6.45) is 11.1. The third kappa shape index (κ3) is 6.44. The van der Waals surface area contributed by atoms with Crippen LogP contribution in [0.1, 0.15) is 109 Å². The summed E-state index contributed by atoms with van der Waals surface area (Å²) in [5, 5.41) is 11.0. The van der Waals surface area contributed by atoms with Gasteiger partial charge in [-0.25, -0.2) is 0 Å². The number of rotatable bonds is 13. The molecule has 0 bridgehead atoms. The highest BCUT2D eigenvalue weighted by Gasteiger charge is 2.49. The van der Waals surface area contributed by atoms with E-state index in [4.69, 9.17) is 14.2 Å². The summed E-state index contributed by atoms with van der Waals surface area (Å²) in [5.41, 5.74) is 0.729. The predicted octanol–water partition coefficient (Wildman–Crippen LogP) is 7.60. The molecule has 0 aromatic heterocycles. The Morgan fingerprint density at radius 1 is 0.854 bits per heavy atom. The zero-order valence-corrected chi connectivity index (χ0v) is 25.2. The molecule has 1 unspecified atom stereocenters. The highest BCUT2D eigenvalue weighted by Crippen LogP contribution is 2.51. The van der Waals surface area contributed by atoms with Crippen LogP contribution in [0.25, 0.3) is 0 Å². The average molecular weight is 565 g/mol. The Labute approximate surface area is 243 Å². The van der Waals surface area contributed by atoms with Gasteiger partial charge in [0.25, 0.3) is 0 Å². The van der Waals surface area contributed by atoms with Gasteiger partial charge in [0, 0.05) is 29.9 Å². The van der Waals surface area contributed by atoms with Gasteiger partial charge in [-0.3, -0.25) is 14.4 Å². The molecule has 1 heterocycles. The number of hydrogen-bond acceptors (Lipinski definition) is 7. The van der Waals surface area contributed by atoms with E-state index >= 15 is 0 Å². The quantitative estimate of drug-likeness (QED) is 0.194. The molecule has 1 N–H and O–H groups in total. The van der Waals surface area contributed by atoms with Gasteiger partial charge in [0.15, 0.2) is 28.8 Å². The van der Waals surface area contributed by atoms with Crippen LogP contribution in [0.5, 0.6) is 11.5 Å². The third-order valence-electron chi connectivity index (χ3n) is 8.42. The lowest BCUT2D eigenvalue weighted by Gasteiger charge is -2.39. The van der Waals surface area contributed by atoms with Gasteiger partial charge in [0.2, 0.25) is 11.6 Å². The highest BCUT2D eigenvalue weighted by atomic mass is 16.5. The number of allylic oxidation sites excluding steroid dienone is 4. The standard InChI is InChI=1S/C34H44O7/c1-6-7-8-9-10-11-12-13-14-15-22-30(36)32(38)29-27(21-16-17-24(39-4)25(18-21)40-5)28-23(35)19-34(2,3)20-26(28)41-33(29)31(22)37/h16-18,27,36H,6-15,19-20H2,1-5H3. The Hall–Kier alpha value is -3.35. The second-order valence-corrected chi connectivity index (χ2v) is 12.2. The van der Waals surface area contributed by atoms with Gasteiger partial charge < -0.3 is 19.3 Å². The Balaban J connectivity index is 1.61. The van der Waals surface area contributed by atoms with E-state index in [-0.39, 0.29) is 34.5 Å². The summed E-state index contributed by atoms with van der Waals surface area (Å²) in [4.78, 5) is 41.1. The zero-order chi connectivity index (χ0) is 29.7. The molecule has 1 aromatic rings. The van der Waals surface area contributed by atoms with Crippen molar-refractivity contribution in [2.75, 3.05) is 14.2 Å². The summed E-state index contributed by atoms with van der Waals surface area (Å²) in [6, 6.07) is 5.19. The molecule has 0 radical (unpaired) electrons.